The molecule has 0 aliphatic heterocycles. The molecule has 1 atom stereocenters. The van der Waals surface area contributed by atoms with Crippen LogP contribution in [0.25, 0.3) is 0 Å². The van der Waals surface area contributed by atoms with E-state index < -0.39 is 0 Å². The normalized spacial score (nSPS) is 15.5. The Labute approximate surface area is 106 Å². The topological polar surface area (TPSA) is 50.1 Å². The van der Waals surface area contributed by atoms with Crippen LogP contribution < -0.4 is 0 Å². The summed E-state index contributed by atoms with van der Waals surface area (Å²) in [7, 11) is 0. The van der Waals surface area contributed by atoms with Gasteiger partial charge in [0.05, 0.1) is 0 Å². The molecule has 0 N–H and O–H groups in total. The summed E-state index contributed by atoms with van der Waals surface area (Å²) in [6, 6.07) is 0. The largest absolute Gasteiger partial charge is 0.424 e. The first kappa shape index (κ1) is 21.0. The Balaban J connectivity index is -0.000000208. The first-order valence-corrected chi connectivity index (χ1v) is 6.33. The van der Waals surface area contributed by atoms with Gasteiger partial charge in [-0.25, -0.2) is 0 Å². The lowest BCUT2D eigenvalue weighted by molar-refractivity contribution is -0.114. The first-order valence-electron chi connectivity index (χ1n) is 6.33. The maximum Gasteiger partial charge on any atom is 0.286 e. The lowest BCUT2D eigenvalue weighted by Gasteiger charge is -2.13. The first-order chi connectivity index (χ1) is 8.16. The minimum Gasteiger partial charge on any atom is -0.424 e. The van der Waals surface area contributed by atoms with Crippen LogP contribution in [0.5, 0.6) is 0 Å². The average molecular weight is 241 g/mol. The van der Waals surface area contributed by atoms with Gasteiger partial charge in [-0.3, -0.25) is 0 Å². The number of carbonyl (C=O) groups is 1. The van der Waals surface area contributed by atoms with Gasteiger partial charge in [-0.15, -0.1) is 0 Å². The van der Waals surface area contributed by atoms with E-state index in [1.165, 1.54) is 13.8 Å². The van der Waals surface area contributed by atoms with Crippen LogP contribution in [0.15, 0.2) is 12.2 Å². The van der Waals surface area contributed by atoms with Gasteiger partial charge in [0, 0.05) is 6.42 Å². The summed E-state index contributed by atoms with van der Waals surface area (Å²) in [6.45, 7) is 11.1. The van der Waals surface area contributed by atoms with Crippen LogP contribution in [0.2, 0.25) is 0 Å². The summed E-state index contributed by atoms with van der Waals surface area (Å²) in [4.78, 5) is 9.44. The molecular formula is C14H27NO2. The van der Waals surface area contributed by atoms with Gasteiger partial charge < -0.3 is 9.53 Å². The molecule has 1 aliphatic rings. The molecular weight excluding hydrogens is 214 g/mol. The van der Waals surface area contributed by atoms with Crippen molar-refractivity contribution in [3.63, 3.8) is 0 Å². The third-order valence-corrected chi connectivity index (χ3v) is 1.44. The van der Waals surface area contributed by atoms with Crippen molar-refractivity contribution in [3.8, 4) is 6.26 Å². The molecule has 1 rings (SSSR count). The van der Waals surface area contributed by atoms with Gasteiger partial charge >= 0.3 is 0 Å². The molecule has 0 radical (unpaired) electrons. The van der Waals surface area contributed by atoms with E-state index in [-0.39, 0.29) is 11.9 Å². The fourth-order valence-corrected chi connectivity index (χ4v) is 0.947. The molecule has 0 amide bonds. The van der Waals surface area contributed by atoms with E-state index in [0.717, 1.165) is 19.3 Å². The Hall–Kier alpha value is -1.30. The summed E-state index contributed by atoms with van der Waals surface area (Å²) in [6.07, 6.45) is 8.97. The third kappa shape index (κ3) is 25.2. The van der Waals surface area contributed by atoms with E-state index >= 15 is 0 Å². The van der Waals surface area contributed by atoms with Gasteiger partial charge in [0.15, 0.2) is 0 Å². The van der Waals surface area contributed by atoms with Crippen LogP contribution in [0, 0.1) is 11.5 Å². The minimum absolute atomic E-state index is 0.153. The Kier molecular flexibility index (Phi) is 24.9. The van der Waals surface area contributed by atoms with Gasteiger partial charge in [-0.05, 0) is 26.7 Å². The zero-order valence-corrected chi connectivity index (χ0v) is 12.1. The summed E-state index contributed by atoms with van der Waals surface area (Å²) < 4.78 is 4.74. The second kappa shape index (κ2) is 20.2. The average Bonchev–Trinajstić information content (AvgIpc) is 2.35. The van der Waals surface area contributed by atoms with E-state index in [2.05, 4.69) is 12.2 Å². The lowest BCUT2D eigenvalue weighted by Crippen LogP contribution is -2.10. The van der Waals surface area contributed by atoms with Crippen molar-refractivity contribution in [2.75, 3.05) is 0 Å². The molecule has 0 heterocycles. The van der Waals surface area contributed by atoms with Gasteiger partial charge in [-0.1, -0.05) is 39.8 Å². The number of Topliss-reactive ketones (excluding diaryl/α,β-unsaturated/α-hetero) is 1. The fourth-order valence-electron chi connectivity index (χ4n) is 0.947. The van der Waals surface area contributed by atoms with Crippen molar-refractivity contribution in [3.05, 3.63) is 12.2 Å². The van der Waals surface area contributed by atoms with Gasteiger partial charge in [-0.2, -0.15) is 5.26 Å². The van der Waals surface area contributed by atoms with E-state index in [4.69, 9.17) is 10.00 Å². The molecule has 1 aliphatic carbocycles. The molecule has 0 fully saturated rings. The van der Waals surface area contributed by atoms with Crippen molar-refractivity contribution in [1.29, 1.82) is 5.26 Å². The molecule has 0 bridgehead atoms. The number of allylic oxidation sites excluding steroid dienone is 1. The molecule has 3 heteroatoms. The van der Waals surface area contributed by atoms with Crippen LogP contribution in [-0.2, 0) is 9.53 Å². The standard InChI is InChI=1S/C7H9NO.C3H6O.2C2H6/c8-6-9-7-4-2-1-3-5-7;1-3(2)4;2*1-2/h1-2,7H,3-5H2;1-2H3;2*1-2H3. The van der Waals surface area contributed by atoms with Crippen LogP contribution in [0.3, 0.4) is 0 Å². The maximum atomic E-state index is 9.44. The summed E-state index contributed by atoms with van der Waals surface area (Å²) in [5.41, 5.74) is 0. The van der Waals surface area contributed by atoms with Gasteiger partial charge in [0.2, 0.25) is 0 Å². The summed E-state index contributed by atoms with van der Waals surface area (Å²) >= 11 is 0. The molecule has 0 saturated heterocycles. The molecule has 1 unspecified atom stereocenters. The molecule has 0 saturated carbocycles. The highest BCUT2D eigenvalue weighted by Crippen LogP contribution is 2.13. The molecule has 0 spiro atoms. The van der Waals surface area contributed by atoms with E-state index in [9.17, 15) is 4.79 Å². The summed E-state index contributed by atoms with van der Waals surface area (Å²) in [5, 5.41) is 8.12. The van der Waals surface area contributed by atoms with Crippen molar-refractivity contribution in [2.45, 2.75) is 66.9 Å². The highest BCUT2D eigenvalue weighted by molar-refractivity contribution is 5.72. The number of ketones is 1. The molecule has 0 aromatic rings. The number of carbonyl (C=O) groups excluding carboxylic acids is 1. The lowest BCUT2D eigenvalue weighted by atomic mass is 10.1. The van der Waals surface area contributed by atoms with Crippen molar-refractivity contribution < 1.29 is 9.53 Å². The Morgan fingerprint density at radius 1 is 1.24 bits per heavy atom. The Bertz CT molecular complexity index is 213. The molecule has 0 aromatic carbocycles. The van der Waals surface area contributed by atoms with Crippen molar-refractivity contribution in [1.82, 2.24) is 0 Å². The third-order valence-electron chi connectivity index (χ3n) is 1.44. The maximum absolute atomic E-state index is 9.44. The quantitative estimate of drug-likeness (QED) is 0.509. The number of nitriles is 1. The molecule has 0 aromatic heterocycles. The van der Waals surface area contributed by atoms with Gasteiger partial charge in [0.1, 0.15) is 11.9 Å². The predicted octanol–water partition coefficient (Wildman–Crippen LogP) is 4.24. The monoisotopic (exact) mass is 241 g/mol. The number of ether oxygens (including phenoxy) is 1. The highest BCUT2D eigenvalue weighted by atomic mass is 16.5. The Morgan fingerprint density at radius 3 is 2.00 bits per heavy atom. The second-order valence-electron chi connectivity index (χ2n) is 3.02. The highest BCUT2D eigenvalue weighted by Gasteiger charge is 2.08. The number of rotatable bonds is 1. The Morgan fingerprint density at radius 2 is 1.71 bits per heavy atom. The van der Waals surface area contributed by atoms with E-state index in [1.54, 1.807) is 6.26 Å². The van der Waals surface area contributed by atoms with Crippen LogP contribution in [0.1, 0.15) is 60.8 Å². The minimum atomic E-state index is 0.153. The van der Waals surface area contributed by atoms with Crippen molar-refractivity contribution in [2.24, 2.45) is 0 Å². The van der Waals surface area contributed by atoms with Crippen LogP contribution >= 0.6 is 0 Å². The van der Waals surface area contributed by atoms with E-state index in [1.807, 2.05) is 27.7 Å². The summed E-state index contributed by atoms with van der Waals surface area (Å²) in [5.74, 6) is 0.167. The van der Waals surface area contributed by atoms with Crippen LogP contribution in [0.4, 0.5) is 0 Å². The van der Waals surface area contributed by atoms with Gasteiger partial charge in [0.25, 0.3) is 6.26 Å². The fraction of sp³-hybridized carbons (Fsp3) is 0.714. The molecule has 3 nitrogen and oxygen atoms in total. The van der Waals surface area contributed by atoms with Crippen LogP contribution in [-0.4, -0.2) is 11.9 Å². The zero-order valence-electron chi connectivity index (χ0n) is 12.1. The number of hydrogen-bond donors (Lipinski definition) is 0. The number of nitrogens with zero attached hydrogens (tertiary/aromatic N) is 1. The number of hydrogen-bond acceptors (Lipinski definition) is 3. The molecule has 17 heavy (non-hydrogen) atoms. The predicted molar refractivity (Wildman–Crippen MR) is 72.5 cm³/mol. The second-order valence-corrected chi connectivity index (χ2v) is 3.02. The SMILES string of the molecule is CC.CC.CC(C)=O.N#COC1CC=CCC1. The zero-order chi connectivity index (χ0) is 14.1. The molecule has 100 valence electrons. The van der Waals surface area contributed by atoms with Crippen molar-refractivity contribution >= 4 is 5.78 Å². The van der Waals surface area contributed by atoms with E-state index in [0.29, 0.717) is 0 Å². The smallest absolute Gasteiger partial charge is 0.286 e.